The summed E-state index contributed by atoms with van der Waals surface area (Å²) >= 11 is 5.15. The lowest BCUT2D eigenvalue weighted by Gasteiger charge is -2.25. The predicted molar refractivity (Wildman–Crippen MR) is 140 cm³/mol. The molecule has 0 saturated carbocycles. The fourth-order valence-corrected chi connectivity index (χ4v) is 3.83. The molecule has 0 atom stereocenters. The molecule has 0 bridgehead atoms. The van der Waals surface area contributed by atoms with E-state index in [9.17, 15) is 18.8 Å². The quantitative estimate of drug-likeness (QED) is 0.416. The summed E-state index contributed by atoms with van der Waals surface area (Å²) in [5.41, 5.74) is 1.18. The second-order valence-corrected chi connectivity index (χ2v) is 8.65. The number of piperidine rings is 1. The lowest BCUT2D eigenvalue weighted by Crippen LogP contribution is -2.41. The van der Waals surface area contributed by atoms with Gasteiger partial charge in [-0.05, 0) is 36.0 Å². The maximum absolute atomic E-state index is 14.7. The molecule has 0 radical (unpaired) electrons. The summed E-state index contributed by atoms with van der Waals surface area (Å²) < 4.78 is 20.3. The van der Waals surface area contributed by atoms with E-state index < -0.39 is 5.82 Å². The number of halogens is 1. The van der Waals surface area contributed by atoms with Gasteiger partial charge in [0.25, 0.3) is 0 Å². The van der Waals surface area contributed by atoms with Crippen molar-refractivity contribution < 1.29 is 23.5 Å². The Kier molecular flexibility index (Phi) is 8.37. The van der Waals surface area contributed by atoms with Gasteiger partial charge >= 0.3 is 6.03 Å². The van der Waals surface area contributed by atoms with E-state index in [1.165, 1.54) is 35.4 Å². The number of likely N-dealkylation sites (tertiary alicyclic amines) is 1. The molecule has 2 heterocycles. The number of ether oxygens (including phenoxy) is 1. The molecular weight excluding hydrogens is 497 g/mol. The maximum atomic E-state index is 14.7. The van der Waals surface area contributed by atoms with Gasteiger partial charge in [-0.25, -0.2) is 14.2 Å². The van der Waals surface area contributed by atoms with Gasteiger partial charge in [0.1, 0.15) is 17.4 Å². The molecule has 1 aliphatic heterocycles. The Balaban J connectivity index is 1.31. The van der Waals surface area contributed by atoms with Crippen molar-refractivity contribution in [1.82, 2.24) is 15.2 Å². The van der Waals surface area contributed by atoms with E-state index in [-0.39, 0.29) is 46.6 Å². The molecule has 3 amide bonds. The van der Waals surface area contributed by atoms with Crippen molar-refractivity contribution >= 4 is 46.6 Å². The Morgan fingerprint density at radius 1 is 1.03 bits per heavy atom. The summed E-state index contributed by atoms with van der Waals surface area (Å²) in [7, 11) is 0. The normalized spacial score (nSPS) is 13.0. The van der Waals surface area contributed by atoms with Gasteiger partial charge in [-0.3, -0.25) is 14.9 Å². The number of urea groups is 1. The summed E-state index contributed by atoms with van der Waals surface area (Å²) in [6.07, 6.45) is 2.25. The van der Waals surface area contributed by atoms with Crippen molar-refractivity contribution in [2.45, 2.75) is 19.3 Å². The molecule has 3 aromatic rings. The van der Waals surface area contributed by atoms with Crippen molar-refractivity contribution in [3.05, 3.63) is 78.2 Å². The highest BCUT2D eigenvalue weighted by molar-refractivity contribution is 7.80. The van der Waals surface area contributed by atoms with E-state index >= 15 is 0 Å². The third-order valence-electron chi connectivity index (χ3n) is 5.45. The number of nitrogens with zero attached hydrogens (tertiary/aromatic N) is 2. The number of hydrogen-bond acceptors (Lipinski definition) is 6. The number of amides is 3. The van der Waals surface area contributed by atoms with E-state index in [1.54, 1.807) is 6.07 Å². The molecule has 0 unspecified atom stereocenters. The first-order valence-electron chi connectivity index (χ1n) is 11.5. The lowest BCUT2D eigenvalue weighted by molar-refractivity contribution is -0.121. The minimum atomic E-state index is -0.663. The Labute approximate surface area is 218 Å². The number of hydrogen-bond donors (Lipinski definition) is 3. The largest absolute Gasteiger partial charge is 0.454 e. The number of benzene rings is 2. The van der Waals surface area contributed by atoms with Crippen LogP contribution in [0.15, 0.2) is 66.9 Å². The average molecular weight is 522 g/mol. The first kappa shape index (κ1) is 25.7. The summed E-state index contributed by atoms with van der Waals surface area (Å²) in [5, 5.41) is 8.04. The molecule has 1 aromatic heterocycles. The van der Waals surface area contributed by atoms with Gasteiger partial charge in [-0.15, -0.1) is 0 Å². The number of ketones is 1. The topological polar surface area (TPSA) is 113 Å². The second-order valence-electron chi connectivity index (χ2n) is 8.24. The zero-order chi connectivity index (χ0) is 26.2. The molecule has 37 heavy (non-hydrogen) atoms. The minimum absolute atomic E-state index is 0.0431. The van der Waals surface area contributed by atoms with E-state index in [4.69, 9.17) is 17.0 Å². The third-order valence-corrected chi connectivity index (χ3v) is 5.66. The highest BCUT2D eigenvalue weighted by atomic mass is 32.1. The van der Waals surface area contributed by atoms with Gasteiger partial charge in [0.2, 0.25) is 5.91 Å². The zero-order valence-electron chi connectivity index (χ0n) is 19.7. The van der Waals surface area contributed by atoms with Crippen molar-refractivity contribution in [1.29, 1.82) is 0 Å². The minimum Gasteiger partial charge on any atom is -0.454 e. The van der Waals surface area contributed by atoms with Crippen molar-refractivity contribution in [3.63, 3.8) is 0 Å². The molecule has 3 N–H and O–H groups in total. The van der Waals surface area contributed by atoms with Gasteiger partial charge in [0.05, 0.1) is 6.42 Å². The number of thiocarbonyl (C=S) groups is 1. The molecule has 1 saturated heterocycles. The van der Waals surface area contributed by atoms with Gasteiger partial charge in [-0.1, -0.05) is 30.3 Å². The fraction of sp³-hybridized carbons (Fsp3) is 0.192. The SMILES string of the molecule is O=C1CCN(C(=O)Nc2cc(Oc3ccc(NC(=S)NC(=O)Cc4ccccc4)cc3F)ccn2)CC1. The molecule has 9 nitrogen and oxygen atoms in total. The van der Waals surface area contributed by atoms with Crippen molar-refractivity contribution in [2.24, 2.45) is 0 Å². The molecular formula is C26H24FN5O4S. The number of anilines is 2. The standard InChI is InChI=1S/C26H24FN5O4S/c27-21-15-18(29-25(37)31-24(34)14-17-4-2-1-3-5-17)6-7-22(21)36-20-8-11-28-23(16-20)30-26(35)32-12-9-19(33)10-13-32/h1-8,11,15-16H,9-10,12-14H2,(H,28,30,35)(H2,29,31,34,37). The summed E-state index contributed by atoms with van der Waals surface area (Å²) in [4.78, 5) is 41.6. The number of Topliss-reactive ketones (excluding diaryl/α,β-unsaturated/α-hetero) is 1. The molecule has 1 aliphatic rings. The molecule has 0 aliphatic carbocycles. The Hall–Kier alpha value is -4.38. The van der Waals surface area contributed by atoms with Gasteiger partial charge in [0, 0.05) is 49.9 Å². The van der Waals surface area contributed by atoms with Gasteiger partial charge < -0.3 is 20.3 Å². The number of carbonyl (C=O) groups is 3. The van der Waals surface area contributed by atoms with Crippen molar-refractivity contribution in [3.8, 4) is 11.5 Å². The summed E-state index contributed by atoms with van der Waals surface area (Å²) in [6, 6.07) is 16.0. The van der Waals surface area contributed by atoms with Gasteiger partial charge in [-0.2, -0.15) is 0 Å². The van der Waals surface area contributed by atoms with E-state index in [2.05, 4.69) is 20.9 Å². The monoisotopic (exact) mass is 521 g/mol. The second kappa shape index (κ2) is 12.0. The summed E-state index contributed by atoms with van der Waals surface area (Å²) in [6.45, 7) is 0.708. The van der Waals surface area contributed by atoms with Crippen LogP contribution in [0, 0.1) is 5.82 Å². The van der Waals surface area contributed by atoms with E-state index in [1.807, 2.05) is 30.3 Å². The highest BCUT2D eigenvalue weighted by Gasteiger charge is 2.21. The average Bonchev–Trinajstić information content (AvgIpc) is 2.87. The Bertz CT molecular complexity index is 1310. The van der Waals surface area contributed by atoms with Crippen LogP contribution >= 0.6 is 12.2 Å². The number of carbonyl (C=O) groups excluding carboxylic acids is 3. The lowest BCUT2D eigenvalue weighted by atomic mass is 10.1. The first-order valence-corrected chi connectivity index (χ1v) is 11.9. The Morgan fingerprint density at radius 3 is 2.51 bits per heavy atom. The zero-order valence-corrected chi connectivity index (χ0v) is 20.5. The van der Waals surface area contributed by atoms with Crippen LogP contribution in [-0.4, -0.2) is 45.8 Å². The molecule has 4 rings (SSSR count). The van der Waals surface area contributed by atoms with Crippen LogP contribution in [0.1, 0.15) is 18.4 Å². The fourth-order valence-electron chi connectivity index (χ4n) is 3.59. The molecule has 0 spiro atoms. The number of nitrogens with one attached hydrogen (secondary N) is 3. The molecule has 1 fully saturated rings. The molecule has 11 heteroatoms. The number of rotatable bonds is 6. The van der Waals surface area contributed by atoms with Crippen LogP contribution in [0.3, 0.4) is 0 Å². The van der Waals surface area contributed by atoms with Crippen LogP contribution in [0.5, 0.6) is 11.5 Å². The highest BCUT2D eigenvalue weighted by Crippen LogP contribution is 2.27. The summed E-state index contributed by atoms with van der Waals surface area (Å²) in [5.74, 6) is -0.377. The van der Waals surface area contributed by atoms with E-state index in [0.717, 1.165) is 5.56 Å². The maximum Gasteiger partial charge on any atom is 0.323 e. The van der Waals surface area contributed by atoms with Gasteiger partial charge in [0.15, 0.2) is 16.7 Å². The van der Waals surface area contributed by atoms with E-state index in [0.29, 0.717) is 31.6 Å². The van der Waals surface area contributed by atoms with Crippen LogP contribution in [-0.2, 0) is 16.0 Å². The van der Waals surface area contributed by atoms with Crippen LogP contribution in [0.4, 0.5) is 20.7 Å². The van der Waals surface area contributed by atoms with Crippen LogP contribution < -0.4 is 20.7 Å². The van der Waals surface area contributed by atoms with Crippen molar-refractivity contribution in [2.75, 3.05) is 23.7 Å². The smallest absolute Gasteiger partial charge is 0.323 e. The molecule has 190 valence electrons. The third kappa shape index (κ3) is 7.55. The first-order chi connectivity index (χ1) is 17.9. The van der Waals surface area contributed by atoms with Crippen LogP contribution in [0.25, 0.3) is 0 Å². The number of pyridine rings is 1. The predicted octanol–water partition coefficient (Wildman–Crippen LogP) is 4.27. The van der Waals surface area contributed by atoms with Crippen LogP contribution in [0.2, 0.25) is 0 Å². The molecule has 2 aromatic carbocycles. The number of aromatic nitrogens is 1. The Morgan fingerprint density at radius 2 is 1.78 bits per heavy atom.